The number of carbonyl (C=O) groups excluding carboxylic acids is 1. The summed E-state index contributed by atoms with van der Waals surface area (Å²) >= 11 is 0. The molecule has 1 N–H and O–H groups in total. The largest absolute Gasteiger partial charge is 0.490 e. The van der Waals surface area contributed by atoms with E-state index in [9.17, 15) is 4.79 Å². The van der Waals surface area contributed by atoms with Crippen LogP contribution >= 0.6 is 0 Å². The van der Waals surface area contributed by atoms with E-state index >= 15 is 0 Å². The highest BCUT2D eigenvalue weighted by Crippen LogP contribution is 2.23. The molecule has 1 amide bonds. The van der Waals surface area contributed by atoms with Crippen LogP contribution in [0.1, 0.15) is 24.3 Å². The molecule has 1 aliphatic rings. The molecule has 4 rings (SSSR count). The number of amides is 1. The van der Waals surface area contributed by atoms with Gasteiger partial charge in [-0.15, -0.1) is 0 Å². The topological polar surface area (TPSA) is 80.5 Å². The lowest BCUT2D eigenvalue weighted by atomic mass is 9.97. The zero-order valence-corrected chi connectivity index (χ0v) is 18.3. The molecule has 2 heterocycles. The van der Waals surface area contributed by atoms with Crippen LogP contribution in [0.4, 0.5) is 5.69 Å². The smallest absolute Gasteiger partial charge is 0.241 e. The van der Waals surface area contributed by atoms with E-state index in [2.05, 4.69) is 26.9 Å². The number of ether oxygens (including phenoxy) is 1. The van der Waals surface area contributed by atoms with Gasteiger partial charge in [-0.3, -0.25) is 9.69 Å². The molecule has 1 atom stereocenters. The Kier molecular flexibility index (Phi) is 6.97. The van der Waals surface area contributed by atoms with Crippen LogP contribution in [-0.2, 0) is 11.3 Å². The zero-order valence-electron chi connectivity index (χ0n) is 18.3. The molecule has 1 fully saturated rings. The molecule has 7 nitrogen and oxygen atoms in total. The third-order valence-electron chi connectivity index (χ3n) is 5.50. The second kappa shape index (κ2) is 10.2. The molecular formula is C25H28N4O3. The van der Waals surface area contributed by atoms with E-state index in [4.69, 9.17) is 9.26 Å². The lowest BCUT2D eigenvalue weighted by Gasteiger charge is -2.30. The summed E-state index contributed by atoms with van der Waals surface area (Å²) in [7, 11) is 0. The predicted octanol–water partition coefficient (Wildman–Crippen LogP) is 4.46. The van der Waals surface area contributed by atoms with E-state index in [1.807, 2.05) is 55.5 Å². The summed E-state index contributed by atoms with van der Waals surface area (Å²) in [5.74, 6) is 1.85. The fourth-order valence-electron chi connectivity index (χ4n) is 3.78. The number of rotatable bonds is 8. The number of hydrogen-bond acceptors (Lipinski definition) is 6. The number of aromatic nitrogens is 2. The van der Waals surface area contributed by atoms with E-state index in [1.54, 1.807) is 6.08 Å². The van der Waals surface area contributed by atoms with Gasteiger partial charge in [-0.1, -0.05) is 47.6 Å². The molecule has 0 bridgehead atoms. The Morgan fingerprint density at radius 3 is 2.78 bits per heavy atom. The number of likely N-dealkylation sites (tertiary alicyclic amines) is 1. The summed E-state index contributed by atoms with van der Waals surface area (Å²) in [6.07, 6.45) is 3.51. The molecule has 0 radical (unpaired) electrons. The summed E-state index contributed by atoms with van der Waals surface area (Å²) < 4.78 is 10.9. The van der Waals surface area contributed by atoms with Crippen molar-refractivity contribution in [3.63, 3.8) is 0 Å². The van der Waals surface area contributed by atoms with Gasteiger partial charge < -0.3 is 14.6 Å². The lowest BCUT2D eigenvalue weighted by molar-refractivity contribution is -0.121. The van der Waals surface area contributed by atoms with E-state index in [0.717, 1.165) is 36.4 Å². The minimum Gasteiger partial charge on any atom is -0.490 e. The second-order valence-electron chi connectivity index (χ2n) is 8.07. The van der Waals surface area contributed by atoms with Gasteiger partial charge in [0.15, 0.2) is 0 Å². The summed E-state index contributed by atoms with van der Waals surface area (Å²) in [6.45, 7) is 8.24. The second-order valence-corrected chi connectivity index (χ2v) is 8.07. The average molecular weight is 433 g/mol. The molecule has 7 heteroatoms. The lowest BCUT2D eigenvalue weighted by Crippen LogP contribution is -2.40. The molecule has 3 aromatic rings. The maximum Gasteiger partial charge on any atom is 0.241 e. The molecule has 0 saturated carbocycles. The first-order valence-corrected chi connectivity index (χ1v) is 10.9. The van der Waals surface area contributed by atoms with Crippen LogP contribution in [0.15, 0.2) is 65.7 Å². The van der Waals surface area contributed by atoms with Crippen LogP contribution in [-0.4, -0.2) is 40.6 Å². The van der Waals surface area contributed by atoms with Crippen LogP contribution in [0.3, 0.4) is 0 Å². The third kappa shape index (κ3) is 5.62. The Labute approximate surface area is 188 Å². The fourth-order valence-corrected chi connectivity index (χ4v) is 3.78. The molecule has 0 aliphatic carbocycles. The summed E-state index contributed by atoms with van der Waals surface area (Å²) in [4.78, 5) is 19.5. The van der Waals surface area contributed by atoms with Gasteiger partial charge in [-0.25, -0.2) is 0 Å². The Morgan fingerprint density at radius 2 is 2.03 bits per heavy atom. The van der Waals surface area contributed by atoms with Crippen molar-refractivity contribution < 1.29 is 14.1 Å². The highest BCUT2D eigenvalue weighted by atomic mass is 16.5. The van der Waals surface area contributed by atoms with Crippen molar-refractivity contribution in [1.82, 2.24) is 15.0 Å². The van der Waals surface area contributed by atoms with Crippen molar-refractivity contribution in [3.05, 3.63) is 72.6 Å². The highest BCUT2D eigenvalue weighted by Gasteiger charge is 2.27. The van der Waals surface area contributed by atoms with Crippen molar-refractivity contribution in [3.8, 4) is 17.1 Å². The van der Waals surface area contributed by atoms with Crippen molar-refractivity contribution in [2.75, 3.05) is 25.0 Å². The van der Waals surface area contributed by atoms with Gasteiger partial charge in [0.2, 0.25) is 17.6 Å². The van der Waals surface area contributed by atoms with Gasteiger partial charge in [-0.2, -0.15) is 4.98 Å². The third-order valence-corrected chi connectivity index (χ3v) is 5.50. The number of piperidine rings is 1. The maximum atomic E-state index is 12.8. The molecule has 1 aromatic heterocycles. The number of hydrogen-bond donors (Lipinski definition) is 1. The van der Waals surface area contributed by atoms with Crippen molar-refractivity contribution >= 4 is 11.6 Å². The van der Waals surface area contributed by atoms with Crippen LogP contribution in [0.2, 0.25) is 0 Å². The molecular weight excluding hydrogens is 404 g/mol. The normalized spacial score (nSPS) is 16.5. The van der Waals surface area contributed by atoms with Gasteiger partial charge in [0.05, 0.1) is 12.5 Å². The molecule has 0 spiro atoms. The van der Waals surface area contributed by atoms with Crippen molar-refractivity contribution in [2.24, 2.45) is 5.92 Å². The fraction of sp³-hybridized carbons (Fsp3) is 0.320. The Morgan fingerprint density at radius 1 is 1.25 bits per heavy atom. The average Bonchev–Trinajstić information content (AvgIpc) is 3.27. The Bertz CT molecular complexity index is 1040. The highest BCUT2D eigenvalue weighted by molar-refractivity contribution is 5.92. The van der Waals surface area contributed by atoms with Crippen LogP contribution < -0.4 is 10.1 Å². The maximum absolute atomic E-state index is 12.8. The van der Waals surface area contributed by atoms with E-state index in [-0.39, 0.29) is 11.8 Å². The zero-order chi connectivity index (χ0) is 22.3. The van der Waals surface area contributed by atoms with Crippen LogP contribution in [0.5, 0.6) is 5.75 Å². The number of carbonyl (C=O) groups is 1. The van der Waals surface area contributed by atoms with Gasteiger partial charge in [0.1, 0.15) is 12.4 Å². The number of nitrogens with zero attached hydrogens (tertiary/aromatic N) is 3. The predicted molar refractivity (Wildman–Crippen MR) is 123 cm³/mol. The van der Waals surface area contributed by atoms with E-state index < -0.39 is 0 Å². The van der Waals surface area contributed by atoms with Gasteiger partial charge in [0.25, 0.3) is 0 Å². The SMILES string of the molecule is C=CCOc1ccc(NC(=O)C2CCCN(Cc3nc(-c4ccc(C)cc4)no3)C2)cc1. The monoisotopic (exact) mass is 432 g/mol. The van der Waals surface area contributed by atoms with Gasteiger partial charge >= 0.3 is 0 Å². The first kappa shape index (κ1) is 21.8. The van der Waals surface area contributed by atoms with E-state index in [1.165, 1.54) is 5.56 Å². The summed E-state index contributed by atoms with van der Waals surface area (Å²) in [5, 5.41) is 7.13. The number of nitrogens with one attached hydrogen (secondary N) is 1. The van der Waals surface area contributed by atoms with Crippen molar-refractivity contribution in [2.45, 2.75) is 26.3 Å². The number of anilines is 1. The quantitative estimate of drug-likeness (QED) is 0.530. The van der Waals surface area contributed by atoms with Crippen molar-refractivity contribution in [1.29, 1.82) is 0 Å². The Balaban J connectivity index is 1.31. The standard InChI is InChI=1S/C25H28N4O3/c1-3-15-31-22-12-10-21(11-13-22)26-25(30)20-5-4-14-29(16-20)17-23-27-24(28-32-23)19-8-6-18(2)7-9-19/h3,6-13,20H,1,4-5,14-17H2,2H3,(H,26,30). The van der Waals surface area contributed by atoms with Gasteiger partial charge in [0, 0.05) is 17.8 Å². The molecule has 166 valence electrons. The number of benzene rings is 2. The molecule has 1 unspecified atom stereocenters. The van der Waals surface area contributed by atoms with Gasteiger partial charge in [-0.05, 0) is 50.6 Å². The summed E-state index contributed by atoms with van der Waals surface area (Å²) in [5.41, 5.74) is 2.88. The summed E-state index contributed by atoms with van der Waals surface area (Å²) in [6, 6.07) is 15.4. The first-order chi connectivity index (χ1) is 15.6. The Hall–Kier alpha value is -3.45. The van der Waals surface area contributed by atoms with Crippen LogP contribution in [0.25, 0.3) is 11.4 Å². The van der Waals surface area contributed by atoms with E-state index in [0.29, 0.717) is 31.4 Å². The van der Waals surface area contributed by atoms with Crippen LogP contribution in [0, 0.1) is 12.8 Å². The minimum atomic E-state index is -0.0834. The molecule has 2 aromatic carbocycles. The number of aryl methyl sites for hydroxylation is 1. The minimum absolute atomic E-state index is 0.0281. The molecule has 1 aliphatic heterocycles. The molecule has 1 saturated heterocycles. The molecule has 32 heavy (non-hydrogen) atoms. The first-order valence-electron chi connectivity index (χ1n) is 10.9.